The molecule has 5 heteroatoms. The first kappa shape index (κ1) is 12.9. The van der Waals surface area contributed by atoms with Crippen molar-refractivity contribution < 1.29 is 24.5 Å². The van der Waals surface area contributed by atoms with Gasteiger partial charge in [0.1, 0.15) is 0 Å². The highest BCUT2D eigenvalue weighted by Crippen LogP contribution is 2.25. The summed E-state index contributed by atoms with van der Waals surface area (Å²) in [5.74, 6) is -2.09. The number of aliphatic carboxylic acids is 1. The summed E-state index contributed by atoms with van der Waals surface area (Å²) in [5, 5.41) is 17.9. The minimum atomic E-state index is -1.66. The van der Waals surface area contributed by atoms with Crippen LogP contribution in [-0.2, 0) is 14.3 Å². The number of esters is 1. The van der Waals surface area contributed by atoms with Crippen LogP contribution < -0.4 is 0 Å². The highest BCUT2D eigenvalue weighted by molar-refractivity contribution is 5.98. The summed E-state index contributed by atoms with van der Waals surface area (Å²) >= 11 is 0. The molecule has 0 aromatic heterocycles. The third-order valence-electron chi connectivity index (χ3n) is 1.90. The molecule has 0 bridgehead atoms. The number of aliphatic hydroxyl groups excluding tert-OH is 1. The molecule has 0 spiro atoms. The van der Waals surface area contributed by atoms with Crippen molar-refractivity contribution in [3.05, 3.63) is 0 Å². The molecule has 14 heavy (non-hydrogen) atoms. The zero-order chi connectivity index (χ0) is 11.4. The van der Waals surface area contributed by atoms with E-state index in [1.165, 1.54) is 13.8 Å². The second kappa shape index (κ2) is 4.95. The van der Waals surface area contributed by atoms with E-state index in [2.05, 4.69) is 4.74 Å². The van der Waals surface area contributed by atoms with E-state index in [4.69, 9.17) is 10.2 Å². The number of rotatable bonds is 5. The van der Waals surface area contributed by atoms with Crippen LogP contribution in [0.2, 0.25) is 0 Å². The fourth-order valence-electron chi connectivity index (χ4n) is 1.14. The van der Waals surface area contributed by atoms with Gasteiger partial charge in [-0.25, -0.2) is 0 Å². The van der Waals surface area contributed by atoms with Gasteiger partial charge in [-0.15, -0.1) is 0 Å². The SMILES string of the molecule is CCOC(=O)C(C)(CC(C)O)C(=O)O. The molecule has 2 atom stereocenters. The van der Waals surface area contributed by atoms with E-state index in [0.717, 1.165) is 0 Å². The van der Waals surface area contributed by atoms with Crippen LogP contribution in [-0.4, -0.2) is 34.9 Å². The van der Waals surface area contributed by atoms with Gasteiger partial charge in [-0.05, 0) is 27.2 Å². The molecule has 0 aliphatic carbocycles. The van der Waals surface area contributed by atoms with Crippen LogP contribution in [0.5, 0.6) is 0 Å². The Kier molecular flexibility index (Phi) is 4.56. The van der Waals surface area contributed by atoms with Crippen molar-refractivity contribution in [2.45, 2.75) is 33.3 Å². The molecule has 0 radical (unpaired) electrons. The average molecular weight is 204 g/mol. The van der Waals surface area contributed by atoms with E-state index >= 15 is 0 Å². The molecule has 0 aromatic carbocycles. The molecule has 0 heterocycles. The topological polar surface area (TPSA) is 83.8 Å². The molecule has 0 amide bonds. The number of aliphatic hydroxyl groups is 1. The Labute approximate surface area is 82.7 Å². The first-order valence-electron chi connectivity index (χ1n) is 4.43. The number of carbonyl (C=O) groups excluding carboxylic acids is 1. The Bertz CT molecular complexity index is 223. The second-order valence-electron chi connectivity index (χ2n) is 3.41. The van der Waals surface area contributed by atoms with Gasteiger partial charge in [0, 0.05) is 0 Å². The molecular formula is C9H16O5. The summed E-state index contributed by atoms with van der Waals surface area (Å²) in [6, 6.07) is 0. The second-order valence-corrected chi connectivity index (χ2v) is 3.41. The predicted molar refractivity (Wildman–Crippen MR) is 48.7 cm³/mol. The molecule has 0 fully saturated rings. The molecule has 0 aliphatic heterocycles. The quantitative estimate of drug-likeness (QED) is 0.500. The van der Waals surface area contributed by atoms with Crippen LogP contribution in [0.1, 0.15) is 27.2 Å². The third-order valence-corrected chi connectivity index (χ3v) is 1.90. The number of hydrogen-bond acceptors (Lipinski definition) is 4. The molecule has 82 valence electrons. The van der Waals surface area contributed by atoms with Crippen molar-refractivity contribution in [2.75, 3.05) is 6.61 Å². The zero-order valence-electron chi connectivity index (χ0n) is 8.61. The van der Waals surface area contributed by atoms with Gasteiger partial charge in [0.05, 0.1) is 12.7 Å². The van der Waals surface area contributed by atoms with Gasteiger partial charge in [0.15, 0.2) is 5.41 Å². The average Bonchev–Trinajstić information content (AvgIpc) is 2.02. The maximum Gasteiger partial charge on any atom is 0.323 e. The zero-order valence-corrected chi connectivity index (χ0v) is 8.61. The summed E-state index contributed by atoms with van der Waals surface area (Å²) in [6.07, 6.45) is -1.01. The van der Waals surface area contributed by atoms with Crippen LogP contribution in [0.25, 0.3) is 0 Å². The Morgan fingerprint density at radius 2 is 2.00 bits per heavy atom. The number of carbonyl (C=O) groups is 2. The maximum absolute atomic E-state index is 11.3. The first-order valence-corrected chi connectivity index (χ1v) is 4.43. The lowest BCUT2D eigenvalue weighted by Gasteiger charge is -2.23. The van der Waals surface area contributed by atoms with Crippen LogP contribution >= 0.6 is 0 Å². The summed E-state index contributed by atoms with van der Waals surface area (Å²) < 4.78 is 4.64. The molecule has 2 unspecified atom stereocenters. The summed E-state index contributed by atoms with van der Waals surface area (Å²) in [7, 11) is 0. The van der Waals surface area contributed by atoms with Gasteiger partial charge < -0.3 is 14.9 Å². The molecule has 5 nitrogen and oxygen atoms in total. The standard InChI is InChI=1S/C9H16O5/c1-4-14-8(13)9(3,7(11)12)5-6(2)10/h6,10H,4-5H2,1-3H3,(H,11,12). The van der Waals surface area contributed by atoms with Crippen molar-refractivity contribution in [3.8, 4) is 0 Å². The molecule has 0 rings (SSSR count). The van der Waals surface area contributed by atoms with Crippen LogP contribution in [0.15, 0.2) is 0 Å². The van der Waals surface area contributed by atoms with Crippen molar-refractivity contribution in [2.24, 2.45) is 5.41 Å². The number of carboxylic acids is 1. The van der Waals surface area contributed by atoms with Gasteiger partial charge in [-0.1, -0.05) is 0 Å². The molecular weight excluding hydrogens is 188 g/mol. The van der Waals surface area contributed by atoms with Crippen molar-refractivity contribution >= 4 is 11.9 Å². The minimum absolute atomic E-state index is 0.127. The van der Waals surface area contributed by atoms with E-state index in [1.54, 1.807) is 6.92 Å². The fourth-order valence-corrected chi connectivity index (χ4v) is 1.14. The van der Waals surface area contributed by atoms with E-state index in [1.807, 2.05) is 0 Å². The van der Waals surface area contributed by atoms with Crippen molar-refractivity contribution in [3.63, 3.8) is 0 Å². The molecule has 0 saturated carbocycles. The number of ether oxygens (including phenoxy) is 1. The Hall–Kier alpha value is -1.10. The lowest BCUT2D eigenvalue weighted by molar-refractivity contribution is -0.169. The monoisotopic (exact) mass is 204 g/mol. The fraction of sp³-hybridized carbons (Fsp3) is 0.778. The van der Waals surface area contributed by atoms with Crippen molar-refractivity contribution in [1.29, 1.82) is 0 Å². The third kappa shape index (κ3) is 2.99. The number of hydrogen-bond donors (Lipinski definition) is 2. The summed E-state index contributed by atoms with van der Waals surface area (Å²) in [4.78, 5) is 22.2. The van der Waals surface area contributed by atoms with E-state index in [0.29, 0.717) is 0 Å². The van der Waals surface area contributed by atoms with Crippen LogP contribution in [0.3, 0.4) is 0 Å². The number of carboxylic acid groups (broad SMARTS) is 1. The Morgan fingerprint density at radius 1 is 1.50 bits per heavy atom. The van der Waals surface area contributed by atoms with Gasteiger partial charge in [0.2, 0.25) is 0 Å². The highest BCUT2D eigenvalue weighted by Gasteiger charge is 2.43. The van der Waals surface area contributed by atoms with E-state index in [-0.39, 0.29) is 13.0 Å². The lowest BCUT2D eigenvalue weighted by atomic mass is 9.85. The summed E-state index contributed by atoms with van der Waals surface area (Å²) in [6.45, 7) is 4.41. The van der Waals surface area contributed by atoms with Gasteiger partial charge in [0.25, 0.3) is 0 Å². The molecule has 0 saturated heterocycles. The minimum Gasteiger partial charge on any atom is -0.480 e. The van der Waals surface area contributed by atoms with E-state index < -0.39 is 23.5 Å². The molecule has 0 aromatic rings. The van der Waals surface area contributed by atoms with Crippen LogP contribution in [0, 0.1) is 5.41 Å². The smallest absolute Gasteiger partial charge is 0.323 e. The largest absolute Gasteiger partial charge is 0.480 e. The van der Waals surface area contributed by atoms with Gasteiger partial charge >= 0.3 is 11.9 Å². The van der Waals surface area contributed by atoms with E-state index in [9.17, 15) is 9.59 Å². The van der Waals surface area contributed by atoms with Gasteiger partial charge in [-0.2, -0.15) is 0 Å². The predicted octanol–water partition coefficient (Wildman–Crippen LogP) is 0.411. The Morgan fingerprint density at radius 3 is 2.29 bits per heavy atom. The summed E-state index contributed by atoms with van der Waals surface area (Å²) in [5.41, 5.74) is -1.66. The first-order chi connectivity index (χ1) is 6.34. The normalized spacial score (nSPS) is 16.9. The molecule has 0 aliphatic rings. The highest BCUT2D eigenvalue weighted by atomic mass is 16.5. The molecule has 2 N–H and O–H groups in total. The van der Waals surface area contributed by atoms with Crippen molar-refractivity contribution in [1.82, 2.24) is 0 Å². The Balaban J connectivity index is 4.71. The lowest BCUT2D eigenvalue weighted by Crippen LogP contribution is -2.40. The van der Waals surface area contributed by atoms with Gasteiger partial charge in [-0.3, -0.25) is 9.59 Å². The maximum atomic E-state index is 11.3. The van der Waals surface area contributed by atoms with Crippen LogP contribution in [0.4, 0.5) is 0 Å².